The van der Waals surface area contributed by atoms with Gasteiger partial charge in [-0.25, -0.2) is 0 Å². The zero-order valence-corrected chi connectivity index (χ0v) is 9.03. The van der Waals surface area contributed by atoms with Gasteiger partial charge in [-0.15, -0.1) is 0 Å². The van der Waals surface area contributed by atoms with Gasteiger partial charge in [0.25, 0.3) is 0 Å². The summed E-state index contributed by atoms with van der Waals surface area (Å²) < 4.78 is 10.3. The lowest BCUT2D eigenvalue weighted by Gasteiger charge is -2.12. The molecule has 1 aromatic carbocycles. The summed E-state index contributed by atoms with van der Waals surface area (Å²) in [6.45, 7) is 3.84. The molecular weight excluding hydrogens is 188 g/mol. The van der Waals surface area contributed by atoms with Crippen LogP contribution in [0.4, 0.5) is 0 Å². The SMILES string of the molecule is COc1cc(C)c(OC)c(Cl)c1C. The van der Waals surface area contributed by atoms with Crippen molar-refractivity contribution >= 4 is 11.6 Å². The molecule has 3 heteroatoms. The van der Waals surface area contributed by atoms with Crippen LogP contribution in [0, 0.1) is 13.8 Å². The Kier molecular flexibility index (Phi) is 3.04. The third kappa shape index (κ3) is 1.73. The van der Waals surface area contributed by atoms with E-state index in [9.17, 15) is 0 Å². The average Bonchev–Trinajstić information content (AvgIpc) is 2.12. The second-order valence-electron chi connectivity index (χ2n) is 2.87. The second-order valence-corrected chi connectivity index (χ2v) is 3.25. The lowest BCUT2D eigenvalue weighted by molar-refractivity contribution is 0.398. The Morgan fingerprint density at radius 2 is 1.77 bits per heavy atom. The Morgan fingerprint density at radius 1 is 1.15 bits per heavy atom. The van der Waals surface area contributed by atoms with Crippen molar-refractivity contribution in [3.63, 3.8) is 0 Å². The first-order valence-corrected chi connectivity index (χ1v) is 4.37. The maximum absolute atomic E-state index is 6.08. The number of hydrogen-bond donors (Lipinski definition) is 0. The van der Waals surface area contributed by atoms with E-state index in [1.54, 1.807) is 14.2 Å². The van der Waals surface area contributed by atoms with Crippen molar-refractivity contribution in [1.29, 1.82) is 0 Å². The molecule has 0 aromatic heterocycles. The molecule has 0 atom stereocenters. The Labute approximate surface area is 83.4 Å². The largest absolute Gasteiger partial charge is 0.496 e. The van der Waals surface area contributed by atoms with Gasteiger partial charge in [-0.1, -0.05) is 11.6 Å². The van der Waals surface area contributed by atoms with E-state index in [2.05, 4.69) is 0 Å². The smallest absolute Gasteiger partial charge is 0.140 e. The Balaban J connectivity index is 3.37. The van der Waals surface area contributed by atoms with Gasteiger partial charge in [0.2, 0.25) is 0 Å². The van der Waals surface area contributed by atoms with Crippen molar-refractivity contribution < 1.29 is 9.47 Å². The lowest BCUT2D eigenvalue weighted by atomic mass is 10.1. The highest BCUT2D eigenvalue weighted by Crippen LogP contribution is 2.36. The van der Waals surface area contributed by atoms with Crippen molar-refractivity contribution in [2.24, 2.45) is 0 Å². The highest BCUT2D eigenvalue weighted by molar-refractivity contribution is 6.33. The number of halogens is 1. The molecule has 1 rings (SSSR count). The van der Waals surface area contributed by atoms with Gasteiger partial charge in [-0.05, 0) is 25.5 Å². The predicted octanol–water partition coefficient (Wildman–Crippen LogP) is 2.97. The predicted molar refractivity (Wildman–Crippen MR) is 54.0 cm³/mol. The van der Waals surface area contributed by atoms with Gasteiger partial charge in [-0.3, -0.25) is 0 Å². The lowest BCUT2D eigenvalue weighted by Crippen LogP contribution is -1.94. The molecule has 0 spiro atoms. The Bertz CT molecular complexity index is 321. The molecule has 0 aliphatic heterocycles. The van der Waals surface area contributed by atoms with Crippen molar-refractivity contribution in [2.75, 3.05) is 14.2 Å². The molecule has 72 valence electrons. The normalized spacial score (nSPS) is 9.92. The molecule has 0 aliphatic rings. The van der Waals surface area contributed by atoms with Gasteiger partial charge >= 0.3 is 0 Å². The zero-order valence-electron chi connectivity index (χ0n) is 8.27. The topological polar surface area (TPSA) is 18.5 Å². The van der Waals surface area contributed by atoms with Gasteiger partial charge in [0, 0.05) is 5.56 Å². The summed E-state index contributed by atoms with van der Waals surface area (Å²) in [7, 11) is 3.24. The summed E-state index contributed by atoms with van der Waals surface area (Å²) >= 11 is 6.08. The number of hydrogen-bond acceptors (Lipinski definition) is 2. The molecule has 0 unspecified atom stereocenters. The van der Waals surface area contributed by atoms with Gasteiger partial charge in [-0.2, -0.15) is 0 Å². The van der Waals surface area contributed by atoms with Crippen molar-refractivity contribution in [3.8, 4) is 11.5 Å². The van der Waals surface area contributed by atoms with Crippen LogP contribution in [0.2, 0.25) is 5.02 Å². The summed E-state index contributed by atoms with van der Waals surface area (Å²) in [6.07, 6.45) is 0. The van der Waals surface area contributed by atoms with E-state index in [-0.39, 0.29) is 0 Å². The van der Waals surface area contributed by atoms with E-state index in [1.807, 2.05) is 19.9 Å². The molecule has 0 saturated heterocycles. The minimum atomic E-state index is 0.624. The third-order valence-electron chi connectivity index (χ3n) is 2.03. The van der Waals surface area contributed by atoms with Crippen LogP contribution in [0.1, 0.15) is 11.1 Å². The van der Waals surface area contributed by atoms with E-state index in [0.29, 0.717) is 5.02 Å². The molecule has 0 amide bonds. The number of benzene rings is 1. The van der Waals surface area contributed by atoms with Crippen LogP contribution < -0.4 is 9.47 Å². The summed E-state index contributed by atoms with van der Waals surface area (Å²) in [4.78, 5) is 0. The minimum Gasteiger partial charge on any atom is -0.496 e. The van der Waals surface area contributed by atoms with E-state index >= 15 is 0 Å². The fourth-order valence-corrected chi connectivity index (χ4v) is 1.60. The molecule has 1 aromatic rings. The molecule has 0 aliphatic carbocycles. The van der Waals surface area contributed by atoms with E-state index < -0.39 is 0 Å². The first-order chi connectivity index (χ1) is 6.11. The van der Waals surface area contributed by atoms with Crippen LogP contribution in [0.15, 0.2) is 6.07 Å². The minimum absolute atomic E-state index is 0.624. The molecule has 0 saturated carbocycles. The first kappa shape index (κ1) is 10.2. The van der Waals surface area contributed by atoms with Crippen molar-refractivity contribution in [3.05, 3.63) is 22.2 Å². The quantitative estimate of drug-likeness (QED) is 0.731. The number of ether oxygens (including phenoxy) is 2. The number of rotatable bonds is 2. The summed E-state index contributed by atoms with van der Waals surface area (Å²) in [5, 5.41) is 0.624. The second kappa shape index (κ2) is 3.88. The Hall–Kier alpha value is -0.890. The zero-order chi connectivity index (χ0) is 10.0. The molecule has 2 nitrogen and oxygen atoms in total. The summed E-state index contributed by atoms with van der Waals surface area (Å²) in [6, 6.07) is 1.92. The van der Waals surface area contributed by atoms with Gasteiger partial charge < -0.3 is 9.47 Å². The molecule has 13 heavy (non-hydrogen) atoms. The Morgan fingerprint density at radius 3 is 2.23 bits per heavy atom. The van der Waals surface area contributed by atoms with Crippen LogP contribution in [0.25, 0.3) is 0 Å². The maximum Gasteiger partial charge on any atom is 0.140 e. The average molecular weight is 201 g/mol. The first-order valence-electron chi connectivity index (χ1n) is 3.99. The molecule has 0 heterocycles. The number of aryl methyl sites for hydroxylation is 1. The van der Waals surface area contributed by atoms with Crippen LogP contribution in [-0.4, -0.2) is 14.2 Å². The molecular formula is C10H13ClO2. The summed E-state index contributed by atoms with van der Waals surface area (Å²) in [5.74, 6) is 1.52. The third-order valence-corrected chi connectivity index (χ3v) is 2.48. The standard InChI is InChI=1S/C10H13ClO2/c1-6-5-8(12-3)7(2)9(11)10(6)13-4/h5H,1-4H3. The van der Waals surface area contributed by atoms with E-state index in [4.69, 9.17) is 21.1 Å². The fourth-order valence-electron chi connectivity index (χ4n) is 1.28. The van der Waals surface area contributed by atoms with Crippen molar-refractivity contribution in [2.45, 2.75) is 13.8 Å². The van der Waals surface area contributed by atoms with E-state index in [0.717, 1.165) is 22.6 Å². The highest BCUT2D eigenvalue weighted by atomic mass is 35.5. The summed E-state index contributed by atoms with van der Waals surface area (Å²) in [5.41, 5.74) is 1.89. The molecule has 0 N–H and O–H groups in total. The van der Waals surface area contributed by atoms with Crippen LogP contribution >= 0.6 is 11.6 Å². The van der Waals surface area contributed by atoms with Gasteiger partial charge in [0.15, 0.2) is 0 Å². The van der Waals surface area contributed by atoms with Crippen LogP contribution in [0.3, 0.4) is 0 Å². The number of methoxy groups -OCH3 is 2. The highest BCUT2D eigenvalue weighted by Gasteiger charge is 2.11. The molecule has 0 fully saturated rings. The van der Waals surface area contributed by atoms with E-state index in [1.165, 1.54) is 0 Å². The van der Waals surface area contributed by atoms with Gasteiger partial charge in [0.1, 0.15) is 11.5 Å². The van der Waals surface area contributed by atoms with Crippen LogP contribution in [0.5, 0.6) is 11.5 Å². The fraction of sp³-hybridized carbons (Fsp3) is 0.400. The van der Waals surface area contributed by atoms with Crippen LogP contribution in [-0.2, 0) is 0 Å². The molecule has 0 radical (unpaired) electrons. The van der Waals surface area contributed by atoms with Crippen molar-refractivity contribution in [1.82, 2.24) is 0 Å². The maximum atomic E-state index is 6.08. The van der Waals surface area contributed by atoms with Gasteiger partial charge in [0.05, 0.1) is 19.2 Å². The monoisotopic (exact) mass is 200 g/mol. The molecule has 0 bridgehead atoms.